The zero-order valence-corrected chi connectivity index (χ0v) is 13.8. The van der Waals surface area contributed by atoms with Crippen molar-refractivity contribution in [3.8, 4) is 0 Å². The second-order valence-electron chi connectivity index (χ2n) is 4.53. The maximum atomic E-state index is 12.1. The van der Waals surface area contributed by atoms with E-state index in [0.29, 0.717) is 16.3 Å². The first kappa shape index (κ1) is 16.6. The van der Waals surface area contributed by atoms with E-state index < -0.39 is 10.0 Å². The molecule has 0 saturated carbocycles. The number of hydrogen-bond acceptors (Lipinski definition) is 3. The molecule has 0 aliphatic heterocycles. The minimum Gasteiger partial charge on any atom is -0.322 e. The van der Waals surface area contributed by atoms with Crippen LogP contribution in [0.15, 0.2) is 42.5 Å². The molecule has 0 bridgehead atoms. The lowest BCUT2D eigenvalue weighted by atomic mass is 10.2. The molecule has 0 fully saturated rings. The van der Waals surface area contributed by atoms with E-state index in [1.165, 1.54) is 18.2 Å². The van der Waals surface area contributed by atoms with Crippen molar-refractivity contribution in [1.82, 2.24) is 0 Å². The molecule has 116 valence electrons. The summed E-state index contributed by atoms with van der Waals surface area (Å²) in [5, 5.41) is 3.31. The van der Waals surface area contributed by atoms with E-state index in [2.05, 4.69) is 10.0 Å². The van der Waals surface area contributed by atoms with Crippen LogP contribution >= 0.6 is 23.2 Å². The molecule has 0 aliphatic rings. The quantitative estimate of drug-likeness (QED) is 0.876. The summed E-state index contributed by atoms with van der Waals surface area (Å²) >= 11 is 11.8. The number of halogens is 2. The first-order valence-corrected chi connectivity index (χ1v) is 8.73. The van der Waals surface area contributed by atoms with Gasteiger partial charge in [0.05, 0.1) is 17.0 Å². The van der Waals surface area contributed by atoms with Crippen molar-refractivity contribution in [1.29, 1.82) is 0 Å². The monoisotopic (exact) mass is 358 g/mol. The molecule has 2 aromatic carbocycles. The highest BCUT2D eigenvalue weighted by molar-refractivity contribution is 7.92. The molecule has 0 spiro atoms. The highest BCUT2D eigenvalue weighted by Gasteiger charge is 2.11. The molecular formula is C14H12Cl2N2O3S. The maximum absolute atomic E-state index is 12.1. The van der Waals surface area contributed by atoms with Crippen molar-refractivity contribution in [3.63, 3.8) is 0 Å². The predicted molar refractivity (Wildman–Crippen MR) is 89.3 cm³/mol. The molecule has 0 atom stereocenters. The lowest BCUT2D eigenvalue weighted by Crippen LogP contribution is -2.13. The fourth-order valence-corrected chi connectivity index (χ4v) is 2.76. The summed E-state index contributed by atoms with van der Waals surface area (Å²) in [6.45, 7) is 0. The number of nitrogens with one attached hydrogen (secondary N) is 2. The van der Waals surface area contributed by atoms with Gasteiger partial charge in [0.1, 0.15) is 0 Å². The Morgan fingerprint density at radius 2 is 1.82 bits per heavy atom. The van der Waals surface area contributed by atoms with Gasteiger partial charge >= 0.3 is 0 Å². The van der Waals surface area contributed by atoms with Gasteiger partial charge < -0.3 is 5.32 Å². The smallest absolute Gasteiger partial charge is 0.255 e. The summed E-state index contributed by atoms with van der Waals surface area (Å²) < 4.78 is 24.6. The Hall–Kier alpha value is -1.76. The van der Waals surface area contributed by atoms with Crippen molar-refractivity contribution in [2.75, 3.05) is 16.3 Å². The highest BCUT2D eigenvalue weighted by atomic mass is 35.5. The van der Waals surface area contributed by atoms with Gasteiger partial charge in [-0.15, -0.1) is 0 Å². The first-order chi connectivity index (χ1) is 10.2. The summed E-state index contributed by atoms with van der Waals surface area (Å²) in [4.78, 5) is 12.1. The standard InChI is InChI=1S/C14H12Cl2N2O3S/c1-22(20,21)18-13-6-5-9(7-12(13)16)14(19)17-11-4-2-3-10(15)8-11/h2-8,18H,1H3,(H,17,19). The molecule has 0 saturated heterocycles. The highest BCUT2D eigenvalue weighted by Crippen LogP contribution is 2.24. The number of sulfonamides is 1. The molecule has 8 heteroatoms. The van der Waals surface area contributed by atoms with Crippen LogP contribution in [0.5, 0.6) is 0 Å². The number of amides is 1. The van der Waals surface area contributed by atoms with Gasteiger partial charge in [0.2, 0.25) is 10.0 Å². The molecule has 2 rings (SSSR count). The van der Waals surface area contributed by atoms with Crippen LogP contribution in [0.3, 0.4) is 0 Å². The van der Waals surface area contributed by atoms with E-state index in [0.717, 1.165) is 6.26 Å². The van der Waals surface area contributed by atoms with Crippen molar-refractivity contribution < 1.29 is 13.2 Å². The van der Waals surface area contributed by atoms with Crippen LogP contribution < -0.4 is 10.0 Å². The summed E-state index contributed by atoms with van der Waals surface area (Å²) in [6, 6.07) is 11.0. The zero-order valence-electron chi connectivity index (χ0n) is 11.4. The second kappa shape index (κ2) is 6.56. The fraction of sp³-hybridized carbons (Fsp3) is 0.0714. The van der Waals surface area contributed by atoms with Crippen molar-refractivity contribution in [3.05, 3.63) is 58.1 Å². The zero-order chi connectivity index (χ0) is 16.3. The lowest BCUT2D eigenvalue weighted by Gasteiger charge is -2.09. The normalized spacial score (nSPS) is 11.0. The van der Waals surface area contributed by atoms with Gasteiger partial charge in [0.25, 0.3) is 5.91 Å². The molecule has 5 nitrogen and oxygen atoms in total. The van der Waals surface area contributed by atoms with Crippen LogP contribution in [0, 0.1) is 0 Å². The largest absolute Gasteiger partial charge is 0.322 e. The summed E-state index contributed by atoms with van der Waals surface area (Å²) in [6.07, 6.45) is 1.02. The summed E-state index contributed by atoms with van der Waals surface area (Å²) in [7, 11) is -3.44. The Balaban J connectivity index is 2.19. The molecule has 0 heterocycles. The van der Waals surface area contributed by atoms with E-state index in [4.69, 9.17) is 23.2 Å². The minimum atomic E-state index is -3.44. The topological polar surface area (TPSA) is 75.3 Å². The number of benzene rings is 2. The molecule has 2 aromatic rings. The van der Waals surface area contributed by atoms with E-state index in [-0.39, 0.29) is 16.6 Å². The third-order valence-electron chi connectivity index (χ3n) is 2.61. The molecule has 22 heavy (non-hydrogen) atoms. The van der Waals surface area contributed by atoms with Crippen molar-refractivity contribution >= 4 is 50.5 Å². The Labute approximate surface area is 138 Å². The van der Waals surface area contributed by atoms with Crippen LogP contribution in [0.4, 0.5) is 11.4 Å². The minimum absolute atomic E-state index is 0.129. The van der Waals surface area contributed by atoms with E-state index >= 15 is 0 Å². The average Bonchev–Trinajstić information content (AvgIpc) is 2.39. The van der Waals surface area contributed by atoms with E-state index in [1.807, 2.05) is 0 Å². The SMILES string of the molecule is CS(=O)(=O)Nc1ccc(C(=O)Nc2cccc(Cl)c2)cc1Cl. The molecule has 1 amide bonds. The van der Waals surface area contributed by atoms with Gasteiger partial charge in [-0.2, -0.15) is 0 Å². The van der Waals surface area contributed by atoms with Crippen molar-refractivity contribution in [2.45, 2.75) is 0 Å². The number of rotatable bonds is 4. The summed E-state index contributed by atoms with van der Waals surface area (Å²) in [5.74, 6) is -0.380. The molecule has 2 N–H and O–H groups in total. The van der Waals surface area contributed by atoms with Crippen molar-refractivity contribution in [2.24, 2.45) is 0 Å². The Morgan fingerprint density at radius 1 is 1.09 bits per heavy atom. The predicted octanol–water partition coefficient (Wildman–Crippen LogP) is 3.62. The van der Waals surface area contributed by atoms with Gasteiger partial charge in [0, 0.05) is 16.3 Å². The number of anilines is 2. The Kier molecular flexibility index (Phi) is 4.95. The van der Waals surface area contributed by atoms with Gasteiger partial charge in [-0.25, -0.2) is 8.42 Å². The van der Waals surface area contributed by atoms with Crippen LogP contribution in [-0.2, 0) is 10.0 Å². The molecule has 0 aliphatic carbocycles. The van der Waals surface area contributed by atoms with E-state index in [9.17, 15) is 13.2 Å². The number of carbonyl (C=O) groups excluding carboxylic acids is 1. The first-order valence-electron chi connectivity index (χ1n) is 6.09. The Bertz CT molecular complexity index is 823. The number of hydrogen-bond donors (Lipinski definition) is 2. The molecule has 0 radical (unpaired) electrons. The summed E-state index contributed by atoms with van der Waals surface area (Å²) in [5.41, 5.74) is 1.06. The third-order valence-corrected chi connectivity index (χ3v) is 3.75. The van der Waals surface area contributed by atoms with Gasteiger partial charge in [-0.3, -0.25) is 9.52 Å². The number of carbonyl (C=O) groups is 1. The van der Waals surface area contributed by atoms with Gasteiger partial charge in [-0.1, -0.05) is 29.3 Å². The van der Waals surface area contributed by atoms with Crippen LogP contribution in [0.2, 0.25) is 10.0 Å². The lowest BCUT2D eigenvalue weighted by molar-refractivity contribution is 0.102. The van der Waals surface area contributed by atoms with Gasteiger partial charge in [-0.05, 0) is 36.4 Å². The fourth-order valence-electron chi connectivity index (χ4n) is 1.71. The maximum Gasteiger partial charge on any atom is 0.255 e. The Morgan fingerprint density at radius 3 is 2.41 bits per heavy atom. The molecule has 0 unspecified atom stereocenters. The molecular weight excluding hydrogens is 347 g/mol. The van der Waals surface area contributed by atoms with Crippen LogP contribution in [0.1, 0.15) is 10.4 Å². The average molecular weight is 359 g/mol. The van der Waals surface area contributed by atoms with Crippen LogP contribution in [-0.4, -0.2) is 20.6 Å². The van der Waals surface area contributed by atoms with Crippen LogP contribution in [0.25, 0.3) is 0 Å². The van der Waals surface area contributed by atoms with E-state index in [1.54, 1.807) is 24.3 Å². The second-order valence-corrected chi connectivity index (χ2v) is 7.13. The molecule has 0 aromatic heterocycles. The van der Waals surface area contributed by atoms with Gasteiger partial charge in [0.15, 0.2) is 0 Å². The third kappa shape index (κ3) is 4.62.